The first kappa shape index (κ1) is 13.4. The first-order valence-electron chi connectivity index (χ1n) is 4.76. The Kier molecular flexibility index (Phi) is 4.32. The molecule has 0 saturated carbocycles. The lowest BCUT2D eigenvalue weighted by molar-refractivity contribution is -0.137. The van der Waals surface area contributed by atoms with E-state index in [-0.39, 0.29) is 5.75 Å². The number of hydrogen-bond acceptors (Lipinski definition) is 4. The summed E-state index contributed by atoms with van der Waals surface area (Å²) in [5, 5.41) is 17.9. The Morgan fingerprint density at radius 3 is 2.44 bits per heavy atom. The van der Waals surface area contributed by atoms with Crippen LogP contribution in [0.4, 0.5) is 0 Å². The summed E-state index contributed by atoms with van der Waals surface area (Å²) in [5.41, 5.74) is 2.25. The van der Waals surface area contributed by atoms with Crippen LogP contribution in [0.25, 0.3) is 0 Å². The number of rotatable bonds is 4. The molecule has 2 N–H and O–H groups in total. The molecule has 0 amide bonds. The Hall–Kier alpha value is -0.620. The van der Waals surface area contributed by atoms with Crippen LogP contribution < -0.4 is 0 Å². The average Bonchev–Trinajstić information content (AvgIpc) is 2.20. The lowest BCUT2D eigenvalue weighted by Crippen LogP contribution is -2.35. The van der Waals surface area contributed by atoms with Gasteiger partial charge >= 0.3 is 11.9 Å². The molecule has 1 aliphatic heterocycles. The van der Waals surface area contributed by atoms with E-state index in [2.05, 4.69) is 0 Å². The molecule has 90 valence electrons. The molecule has 0 radical (unpaired) electrons. The average molecular weight is 262 g/mol. The second-order valence-corrected chi connectivity index (χ2v) is 6.57. The fraction of sp³-hybridized carbons (Fsp3) is 0.600. The van der Waals surface area contributed by atoms with Crippen molar-refractivity contribution in [2.75, 3.05) is 11.5 Å². The minimum atomic E-state index is -1.03. The van der Waals surface area contributed by atoms with Gasteiger partial charge in [-0.05, 0) is 13.8 Å². The minimum Gasteiger partial charge on any atom is -0.481 e. The van der Waals surface area contributed by atoms with Gasteiger partial charge in [0.15, 0.2) is 4.08 Å². The van der Waals surface area contributed by atoms with Crippen molar-refractivity contribution in [3.05, 3.63) is 11.1 Å². The quantitative estimate of drug-likeness (QED) is 0.755. The van der Waals surface area contributed by atoms with Crippen LogP contribution in [-0.2, 0) is 9.59 Å². The Morgan fingerprint density at radius 2 is 2.00 bits per heavy atom. The van der Waals surface area contributed by atoms with Crippen LogP contribution in [0.1, 0.15) is 20.3 Å². The van der Waals surface area contributed by atoms with Crippen molar-refractivity contribution < 1.29 is 19.8 Å². The monoisotopic (exact) mass is 262 g/mol. The van der Waals surface area contributed by atoms with E-state index >= 15 is 0 Å². The lowest BCUT2D eigenvalue weighted by Gasteiger charge is -2.32. The van der Waals surface area contributed by atoms with Gasteiger partial charge in [0.25, 0.3) is 0 Å². The van der Waals surface area contributed by atoms with Crippen LogP contribution in [0.2, 0.25) is 0 Å². The van der Waals surface area contributed by atoms with Crippen LogP contribution in [0, 0.1) is 0 Å². The summed E-state index contributed by atoms with van der Waals surface area (Å²) in [4.78, 5) is 21.8. The molecule has 1 aliphatic rings. The number of hydrogen-bond donors (Lipinski definition) is 2. The molecule has 0 spiro atoms. The third kappa shape index (κ3) is 2.95. The maximum atomic E-state index is 11.3. The van der Waals surface area contributed by atoms with Crippen LogP contribution >= 0.6 is 23.5 Å². The van der Waals surface area contributed by atoms with Crippen molar-refractivity contribution in [2.45, 2.75) is 24.3 Å². The standard InChI is InChI=1S/C10H14O4S2/c1-6-3-10(9(13)14,15-4-7(6)2)16-5-8(11)12/h3-5H2,1-2H3,(H,11,12)(H,13,14). The fourth-order valence-electron chi connectivity index (χ4n) is 1.37. The van der Waals surface area contributed by atoms with E-state index in [1.165, 1.54) is 17.3 Å². The number of carbonyl (C=O) groups is 2. The topological polar surface area (TPSA) is 74.6 Å². The van der Waals surface area contributed by atoms with Gasteiger partial charge in [0, 0.05) is 12.2 Å². The molecule has 1 heterocycles. The maximum Gasteiger partial charge on any atom is 0.330 e. The molecule has 0 aliphatic carbocycles. The highest BCUT2D eigenvalue weighted by atomic mass is 32.2. The van der Waals surface area contributed by atoms with Crippen LogP contribution in [0.3, 0.4) is 0 Å². The minimum absolute atomic E-state index is 0.175. The van der Waals surface area contributed by atoms with Gasteiger partial charge in [-0.2, -0.15) is 0 Å². The molecular formula is C10H14O4S2. The summed E-state index contributed by atoms with van der Waals surface area (Å²) in [6, 6.07) is 0. The van der Waals surface area contributed by atoms with E-state index < -0.39 is 16.0 Å². The lowest BCUT2D eigenvalue weighted by atomic mass is 10.1. The number of carboxylic acids is 2. The van der Waals surface area contributed by atoms with Gasteiger partial charge in [-0.3, -0.25) is 4.79 Å². The Balaban J connectivity index is 2.84. The molecule has 0 aromatic rings. The van der Waals surface area contributed by atoms with E-state index in [0.29, 0.717) is 12.2 Å². The van der Waals surface area contributed by atoms with Gasteiger partial charge in [-0.15, -0.1) is 23.5 Å². The predicted octanol–water partition coefficient (Wildman–Crippen LogP) is 2.06. The molecule has 1 atom stereocenters. The number of carboxylic acid groups (broad SMARTS) is 2. The number of thioether (sulfide) groups is 2. The second-order valence-electron chi connectivity index (χ2n) is 3.77. The van der Waals surface area contributed by atoms with Gasteiger partial charge in [-0.25, -0.2) is 4.79 Å². The van der Waals surface area contributed by atoms with E-state index in [9.17, 15) is 14.7 Å². The zero-order valence-corrected chi connectivity index (χ0v) is 10.8. The molecule has 0 aromatic heterocycles. The SMILES string of the molecule is CC1=C(C)CC(SCC(=O)O)(C(=O)O)SC1. The molecule has 0 fully saturated rings. The third-order valence-corrected chi connectivity index (χ3v) is 5.75. The molecule has 1 unspecified atom stereocenters. The number of aliphatic carboxylic acids is 2. The summed E-state index contributed by atoms with van der Waals surface area (Å²) in [6.07, 6.45) is 0.413. The van der Waals surface area contributed by atoms with Gasteiger partial charge in [0.1, 0.15) is 0 Å². The summed E-state index contributed by atoms with van der Waals surface area (Å²) >= 11 is 2.31. The van der Waals surface area contributed by atoms with Crippen molar-refractivity contribution in [1.82, 2.24) is 0 Å². The van der Waals surface area contributed by atoms with Crippen molar-refractivity contribution in [1.29, 1.82) is 0 Å². The van der Waals surface area contributed by atoms with E-state index in [4.69, 9.17) is 5.11 Å². The Bertz CT molecular complexity index is 351. The maximum absolute atomic E-state index is 11.3. The highest BCUT2D eigenvalue weighted by molar-refractivity contribution is 8.19. The molecule has 0 aromatic carbocycles. The van der Waals surface area contributed by atoms with Crippen molar-refractivity contribution in [3.8, 4) is 0 Å². The zero-order chi connectivity index (χ0) is 12.3. The van der Waals surface area contributed by atoms with E-state index in [1.54, 1.807) is 0 Å². The smallest absolute Gasteiger partial charge is 0.330 e. The van der Waals surface area contributed by atoms with Gasteiger partial charge < -0.3 is 10.2 Å². The largest absolute Gasteiger partial charge is 0.481 e. The summed E-state index contributed by atoms with van der Waals surface area (Å²) in [7, 11) is 0. The summed E-state index contributed by atoms with van der Waals surface area (Å²) < 4.78 is -1.03. The predicted molar refractivity (Wildman–Crippen MR) is 65.9 cm³/mol. The van der Waals surface area contributed by atoms with Crippen LogP contribution in [0.15, 0.2) is 11.1 Å². The highest BCUT2D eigenvalue weighted by Gasteiger charge is 2.42. The highest BCUT2D eigenvalue weighted by Crippen LogP contribution is 2.47. The van der Waals surface area contributed by atoms with Crippen molar-refractivity contribution in [3.63, 3.8) is 0 Å². The van der Waals surface area contributed by atoms with Crippen molar-refractivity contribution in [2.24, 2.45) is 0 Å². The molecule has 1 rings (SSSR count). The van der Waals surface area contributed by atoms with Gasteiger partial charge in [-0.1, -0.05) is 11.1 Å². The molecule has 6 heteroatoms. The zero-order valence-electron chi connectivity index (χ0n) is 9.15. The number of allylic oxidation sites excluding steroid dienone is 1. The Labute approximate surface area is 102 Å². The third-order valence-electron chi connectivity index (χ3n) is 2.50. The second kappa shape index (κ2) is 5.14. The first-order chi connectivity index (χ1) is 7.37. The fourth-order valence-corrected chi connectivity index (χ4v) is 3.99. The molecule has 0 saturated heterocycles. The Morgan fingerprint density at radius 1 is 1.38 bits per heavy atom. The van der Waals surface area contributed by atoms with E-state index in [1.807, 2.05) is 13.8 Å². The van der Waals surface area contributed by atoms with Gasteiger partial charge in [0.2, 0.25) is 0 Å². The normalized spacial score (nSPS) is 25.6. The molecule has 16 heavy (non-hydrogen) atoms. The van der Waals surface area contributed by atoms with Crippen LogP contribution in [-0.4, -0.2) is 37.7 Å². The molecule has 0 bridgehead atoms. The van der Waals surface area contributed by atoms with Gasteiger partial charge in [0.05, 0.1) is 5.75 Å². The first-order valence-corrected chi connectivity index (χ1v) is 6.73. The van der Waals surface area contributed by atoms with Crippen LogP contribution in [0.5, 0.6) is 0 Å². The molecular weight excluding hydrogens is 248 g/mol. The summed E-state index contributed by atoms with van der Waals surface area (Å²) in [6.45, 7) is 3.89. The van der Waals surface area contributed by atoms with Crippen molar-refractivity contribution >= 4 is 35.5 Å². The van der Waals surface area contributed by atoms with E-state index in [0.717, 1.165) is 17.3 Å². The summed E-state index contributed by atoms with van der Waals surface area (Å²) in [5.74, 6) is -1.43. The molecule has 4 nitrogen and oxygen atoms in total.